The van der Waals surface area contributed by atoms with Crippen molar-refractivity contribution in [2.45, 2.75) is 6.73 Å². The minimum Gasteiger partial charge on any atom is -0.374 e. The van der Waals surface area contributed by atoms with Crippen molar-refractivity contribution >= 4 is 5.69 Å². The summed E-state index contributed by atoms with van der Waals surface area (Å²) < 4.78 is 1.14. The predicted octanol–water partition coefficient (Wildman–Crippen LogP) is 0.198. The molecule has 0 unspecified atom stereocenters. The minimum atomic E-state index is -0.503. The van der Waals surface area contributed by atoms with Gasteiger partial charge in [-0.1, -0.05) is 12.1 Å². The van der Waals surface area contributed by atoms with Crippen LogP contribution in [-0.2, 0) is 6.73 Å². The number of benzene rings is 1. The van der Waals surface area contributed by atoms with E-state index in [0.29, 0.717) is 5.56 Å². The van der Waals surface area contributed by atoms with Crippen LogP contribution >= 0.6 is 0 Å². The lowest BCUT2D eigenvalue weighted by Gasteiger charge is -2.00. The van der Waals surface area contributed by atoms with E-state index < -0.39 is 4.92 Å². The Kier molecular flexibility index (Phi) is 2.56. The van der Waals surface area contributed by atoms with Crippen molar-refractivity contribution < 1.29 is 10.0 Å². The van der Waals surface area contributed by atoms with Crippen molar-refractivity contribution in [1.29, 1.82) is 0 Å². The number of non-ortho nitro benzene ring substituents is 1. The Morgan fingerprint density at radius 1 is 1.50 bits per heavy atom. The molecule has 1 N–H and O–H groups in total. The molecule has 0 amide bonds. The van der Waals surface area contributed by atoms with Crippen LogP contribution in [0.4, 0.5) is 5.69 Å². The van der Waals surface area contributed by atoms with Crippen LogP contribution in [0.2, 0.25) is 0 Å². The van der Waals surface area contributed by atoms with Gasteiger partial charge in [0.2, 0.25) is 0 Å². The maximum atomic E-state index is 10.6. The Hall–Kier alpha value is -2.35. The van der Waals surface area contributed by atoms with E-state index in [-0.39, 0.29) is 18.2 Å². The molecule has 0 saturated carbocycles. The predicted molar refractivity (Wildman–Crippen MR) is 52.1 cm³/mol. The topological polar surface area (TPSA) is 107 Å². The lowest BCUT2D eigenvalue weighted by Crippen LogP contribution is -2.02. The number of nitro groups is 1. The lowest BCUT2D eigenvalue weighted by molar-refractivity contribution is -0.384. The van der Waals surface area contributed by atoms with Crippen molar-refractivity contribution in [2.75, 3.05) is 0 Å². The summed E-state index contributed by atoms with van der Waals surface area (Å²) in [6.07, 6.45) is 0. The molecule has 0 aliphatic heterocycles. The Bertz CT molecular complexity index is 524. The normalized spacial score (nSPS) is 10.3. The van der Waals surface area contributed by atoms with E-state index in [1.807, 2.05) is 0 Å². The highest BCUT2D eigenvalue weighted by Gasteiger charge is 2.12. The highest BCUT2D eigenvalue weighted by molar-refractivity contribution is 5.58. The van der Waals surface area contributed by atoms with Crippen LogP contribution in [0.3, 0.4) is 0 Å². The molecule has 8 heteroatoms. The zero-order valence-electron chi connectivity index (χ0n) is 8.02. The number of hydrogen-bond donors (Lipinski definition) is 1. The molecule has 0 bridgehead atoms. The smallest absolute Gasteiger partial charge is 0.270 e. The van der Waals surface area contributed by atoms with Gasteiger partial charge in [0, 0.05) is 17.7 Å². The number of aliphatic hydroxyl groups is 1. The first-order chi connectivity index (χ1) is 7.72. The second-order valence-electron chi connectivity index (χ2n) is 2.95. The van der Waals surface area contributed by atoms with Gasteiger partial charge >= 0.3 is 0 Å². The first-order valence-corrected chi connectivity index (χ1v) is 4.34. The molecular weight excluding hydrogens is 214 g/mol. The third-order valence-corrected chi connectivity index (χ3v) is 1.98. The molecule has 0 aliphatic carbocycles. The molecule has 0 aliphatic rings. The molecular formula is C8H7N5O3. The van der Waals surface area contributed by atoms with Crippen LogP contribution in [0.25, 0.3) is 11.4 Å². The van der Waals surface area contributed by atoms with Crippen LogP contribution in [0.15, 0.2) is 24.3 Å². The molecule has 0 saturated heterocycles. The Morgan fingerprint density at radius 3 is 3.00 bits per heavy atom. The van der Waals surface area contributed by atoms with E-state index in [9.17, 15) is 10.1 Å². The molecule has 2 rings (SSSR count). The number of nitrogens with zero attached hydrogens (tertiary/aromatic N) is 5. The van der Waals surface area contributed by atoms with Gasteiger partial charge in [0.15, 0.2) is 5.82 Å². The fourth-order valence-electron chi connectivity index (χ4n) is 1.27. The first-order valence-electron chi connectivity index (χ1n) is 4.34. The quantitative estimate of drug-likeness (QED) is 0.585. The van der Waals surface area contributed by atoms with Gasteiger partial charge in [0.05, 0.1) is 4.92 Å². The molecule has 1 heterocycles. The van der Waals surface area contributed by atoms with Crippen molar-refractivity contribution in [3.63, 3.8) is 0 Å². The number of aliphatic hydroxyl groups excluding tert-OH is 1. The monoisotopic (exact) mass is 221 g/mol. The summed E-state index contributed by atoms with van der Waals surface area (Å²) in [7, 11) is 0. The average molecular weight is 221 g/mol. The van der Waals surface area contributed by atoms with Gasteiger partial charge in [0.1, 0.15) is 6.73 Å². The fraction of sp³-hybridized carbons (Fsp3) is 0.125. The first kappa shape index (κ1) is 10.2. The van der Waals surface area contributed by atoms with Crippen molar-refractivity contribution in [1.82, 2.24) is 20.2 Å². The molecule has 82 valence electrons. The Balaban J connectivity index is 2.48. The van der Waals surface area contributed by atoms with Crippen LogP contribution in [0.1, 0.15) is 0 Å². The second-order valence-corrected chi connectivity index (χ2v) is 2.95. The summed E-state index contributed by atoms with van der Waals surface area (Å²) in [6.45, 7) is -0.384. The van der Waals surface area contributed by atoms with E-state index in [1.54, 1.807) is 6.07 Å². The van der Waals surface area contributed by atoms with Gasteiger partial charge in [0.25, 0.3) is 5.69 Å². The molecule has 16 heavy (non-hydrogen) atoms. The van der Waals surface area contributed by atoms with E-state index in [1.165, 1.54) is 18.2 Å². The number of nitro benzene ring substituents is 1. The van der Waals surface area contributed by atoms with Gasteiger partial charge in [-0.2, -0.15) is 4.68 Å². The van der Waals surface area contributed by atoms with E-state index in [4.69, 9.17) is 5.11 Å². The SMILES string of the molecule is O=[N+]([O-])c1cccc(-c2nnnn2CO)c1. The van der Waals surface area contributed by atoms with Crippen molar-refractivity contribution in [3.05, 3.63) is 34.4 Å². The standard InChI is InChI=1S/C8H7N5O3/c14-5-12-8(9-10-11-12)6-2-1-3-7(4-6)13(15)16/h1-4,14H,5H2. The summed E-state index contributed by atoms with van der Waals surface area (Å²) in [5.74, 6) is 0.284. The molecule has 8 nitrogen and oxygen atoms in total. The molecule has 0 fully saturated rings. The highest BCUT2D eigenvalue weighted by atomic mass is 16.6. The summed E-state index contributed by atoms with van der Waals surface area (Å²) in [5.41, 5.74) is 0.429. The highest BCUT2D eigenvalue weighted by Crippen LogP contribution is 2.20. The molecule has 2 aromatic rings. The number of aromatic nitrogens is 4. The summed E-state index contributed by atoms with van der Waals surface area (Å²) in [5, 5.41) is 30.1. The fourth-order valence-corrected chi connectivity index (χ4v) is 1.27. The van der Waals surface area contributed by atoms with Gasteiger partial charge in [-0.25, -0.2) is 0 Å². The van der Waals surface area contributed by atoms with Crippen molar-refractivity contribution in [3.8, 4) is 11.4 Å². The maximum absolute atomic E-state index is 10.6. The van der Waals surface area contributed by atoms with Gasteiger partial charge in [-0.05, 0) is 10.4 Å². The summed E-state index contributed by atoms with van der Waals surface area (Å²) >= 11 is 0. The van der Waals surface area contributed by atoms with Crippen LogP contribution in [0, 0.1) is 10.1 Å². The Morgan fingerprint density at radius 2 is 2.31 bits per heavy atom. The zero-order chi connectivity index (χ0) is 11.5. The summed E-state index contributed by atoms with van der Waals surface area (Å²) in [6, 6.07) is 5.88. The van der Waals surface area contributed by atoms with Crippen molar-refractivity contribution in [2.24, 2.45) is 0 Å². The van der Waals surface area contributed by atoms with Gasteiger partial charge in [-0.15, -0.1) is 5.10 Å². The zero-order valence-corrected chi connectivity index (χ0v) is 8.02. The van der Waals surface area contributed by atoms with Gasteiger partial charge in [-0.3, -0.25) is 10.1 Å². The third kappa shape index (κ3) is 1.73. The van der Waals surface area contributed by atoms with Crippen LogP contribution in [-0.4, -0.2) is 30.2 Å². The number of rotatable bonds is 3. The largest absolute Gasteiger partial charge is 0.374 e. The second kappa shape index (κ2) is 4.03. The summed E-state index contributed by atoms with van der Waals surface area (Å²) in [4.78, 5) is 10.1. The van der Waals surface area contributed by atoms with E-state index in [2.05, 4.69) is 15.5 Å². The molecule has 0 spiro atoms. The van der Waals surface area contributed by atoms with E-state index >= 15 is 0 Å². The molecule has 0 atom stereocenters. The number of hydrogen-bond acceptors (Lipinski definition) is 6. The third-order valence-electron chi connectivity index (χ3n) is 1.98. The van der Waals surface area contributed by atoms with Crippen LogP contribution in [0.5, 0.6) is 0 Å². The molecule has 1 aromatic carbocycles. The minimum absolute atomic E-state index is 0.0509. The van der Waals surface area contributed by atoms with Crippen LogP contribution < -0.4 is 0 Å². The maximum Gasteiger partial charge on any atom is 0.270 e. The van der Waals surface area contributed by atoms with E-state index in [0.717, 1.165) is 4.68 Å². The lowest BCUT2D eigenvalue weighted by atomic mass is 10.2. The van der Waals surface area contributed by atoms with Gasteiger partial charge < -0.3 is 5.11 Å². The molecule has 0 radical (unpaired) electrons. The average Bonchev–Trinajstić information content (AvgIpc) is 2.77. The molecule has 1 aromatic heterocycles. The number of tetrazole rings is 1. The Labute approximate surface area is 89.3 Å².